The lowest BCUT2D eigenvalue weighted by Crippen LogP contribution is -2.20. The molecule has 156 valence electrons. The summed E-state index contributed by atoms with van der Waals surface area (Å²) >= 11 is 0. The van der Waals surface area contributed by atoms with E-state index in [2.05, 4.69) is 56.3 Å². The zero-order chi connectivity index (χ0) is 20.4. The molecule has 0 saturated heterocycles. The van der Waals surface area contributed by atoms with E-state index in [-0.39, 0.29) is 12.5 Å². The van der Waals surface area contributed by atoms with Crippen molar-refractivity contribution in [3.8, 4) is 0 Å². The summed E-state index contributed by atoms with van der Waals surface area (Å²) in [6, 6.07) is 10.7. The Balaban J connectivity index is 1.74. The number of rotatable bonds is 12. The molecule has 1 aromatic carbocycles. The van der Waals surface area contributed by atoms with Crippen LogP contribution in [-0.4, -0.2) is 22.3 Å². The van der Waals surface area contributed by atoms with Crippen LogP contribution in [0.5, 0.6) is 0 Å². The Bertz CT molecular complexity index is 595. The zero-order valence-electron chi connectivity index (χ0n) is 17.6. The van der Waals surface area contributed by atoms with Crippen molar-refractivity contribution in [3.05, 3.63) is 48.0 Å². The molecule has 3 heteroatoms. The van der Waals surface area contributed by atoms with E-state index in [1.807, 2.05) is 0 Å². The van der Waals surface area contributed by atoms with Crippen molar-refractivity contribution in [1.82, 2.24) is 0 Å². The van der Waals surface area contributed by atoms with E-state index < -0.39 is 5.97 Å². The fraction of sp³-hybridized carbons (Fsp3) is 0.640. The highest BCUT2D eigenvalue weighted by Gasteiger charge is 2.38. The Morgan fingerprint density at radius 2 is 1.93 bits per heavy atom. The van der Waals surface area contributed by atoms with E-state index in [4.69, 9.17) is 5.11 Å². The fourth-order valence-electron chi connectivity index (χ4n) is 4.69. The quantitative estimate of drug-likeness (QED) is 0.349. The van der Waals surface area contributed by atoms with Crippen LogP contribution < -0.4 is 0 Å². The maximum absolute atomic E-state index is 10.6. The van der Waals surface area contributed by atoms with Crippen LogP contribution in [0.3, 0.4) is 0 Å². The molecule has 0 aliphatic heterocycles. The van der Waals surface area contributed by atoms with Crippen molar-refractivity contribution < 1.29 is 15.0 Å². The van der Waals surface area contributed by atoms with Crippen LogP contribution in [0.1, 0.15) is 70.8 Å². The minimum absolute atomic E-state index is 0.191. The highest BCUT2D eigenvalue weighted by Crippen LogP contribution is 2.42. The molecule has 5 unspecified atom stereocenters. The Morgan fingerprint density at radius 1 is 1.18 bits per heavy atom. The molecule has 1 aliphatic carbocycles. The van der Waals surface area contributed by atoms with Gasteiger partial charge in [-0.3, -0.25) is 4.79 Å². The lowest BCUT2D eigenvalue weighted by atomic mass is 9.81. The summed E-state index contributed by atoms with van der Waals surface area (Å²) in [4.78, 5) is 10.6. The van der Waals surface area contributed by atoms with Gasteiger partial charge in [-0.15, -0.1) is 0 Å². The Labute approximate surface area is 170 Å². The molecule has 0 radical (unpaired) electrons. The van der Waals surface area contributed by atoms with Gasteiger partial charge >= 0.3 is 5.97 Å². The van der Waals surface area contributed by atoms with E-state index in [1.54, 1.807) is 0 Å². The number of benzene rings is 1. The molecule has 0 bridgehead atoms. The molecule has 0 amide bonds. The number of aryl methyl sites for hydroxylation is 1. The van der Waals surface area contributed by atoms with Crippen molar-refractivity contribution in [2.24, 2.45) is 23.7 Å². The van der Waals surface area contributed by atoms with Gasteiger partial charge in [0.25, 0.3) is 0 Å². The lowest BCUT2D eigenvalue weighted by Gasteiger charge is -2.24. The van der Waals surface area contributed by atoms with Gasteiger partial charge in [0.05, 0.1) is 6.10 Å². The number of unbranched alkanes of at least 4 members (excludes halogenated alkanes) is 1. The van der Waals surface area contributed by atoms with Crippen LogP contribution in [-0.2, 0) is 11.2 Å². The van der Waals surface area contributed by atoms with Crippen molar-refractivity contribution in [3.63, 3.8) is 0 Å². The Morgan fingerprint density at radius 3 is 2.64 bits per heavy atom. The molecule has 3 nitrogen and oxygen atoms in total. The van der Waals surface area contributed by atoms with Crippen LogP contribution in [0.2, 0.25) is 0 Å². The monoisotopic (exact) mass is 386 g/mol. The van der Waals surface area contributed by atoms with Crippen molar-refractivity contribution in [2.75, 3.05) is 0 Å². The molecule has 2 rings (SSSR count). The van der Waals surface area contributed by atoms with Crippen LogP contribution in [0.25, 0.3) is 0 Å². The number of carbonyl (C=O) groups is 1. The largest absolute Gasteiger partial charge is 0.481 e. The molecule has 1 aromatic rings. The number of aliphatic carboxylic acids is 1. The summed E-state index contributed by atoms with van der Waals surface area (Å²) in [5, 5.41) is 19.2. The second-order valence-electron chi connectivity index (χ2n) is 8.81. The highest BCUT2D eigenvalue weighted by molar-refractivity contribution is 5.66. The van der Waals surface area contributed by atoms with Gasteiger partial charge in [-0.05, 0) is 74.2 Å². The van der Waals surface area contributed by atoms with E-state index in [1.165, 1.54) is 24.8 Å². The number of aliphatic hydroxyl groups is 1. The van der Waals surface area contributed by atoms with Gasteiger partial charge < -0.3 is 10.2 Å². The molecule has 1 saturated carbocycles. The molecule has 1 aliphatic rings. The first kappa shape index (κ1) is 22.7. The first-order valence-corrected chi connectivity index (χ1v) is 11.1. The van der Waals surface area contributed by atoms with Gasteiger partial charge in [-0.25, -0.2) is 0 Å². The molecular formula is C25H38O3. The molecule has 1 fully saturated rings. The van der Waals surface area contributed by atoms with Crippen LogP contribution in [0.4, 0.5) is 0 Å². The minimum atomic E-state index is -0.727. The molecule has 0 spiro atoms. The van der Waals surface area contributed by atoms with E-state index in [9.17, 15) is 9.90 Å². The fourth-order valence-corrected chi connectivity index (χ4v) is 4.69. The molecular weight excluding hydrogens is 348 g/mol. The third-order valence-corrected chi connectivity index (χ3v) is 6.49. The van der Waals surface area contributed by atoms with E-state index >= 15 is 0 Å². The van der Waals surface area contributed by atoms with Crippen molar-refractivity contribution >= 4 is 5.97 Å². The van der Waals surface area contributed by atoms with Gasteiger partial charge in [-0.2, -0.15) is 0 Å². The smallest absolute Gasteiger partial charge is 0.303 e. The number of carboxylic acids is 1. The molecule has 28 heavy (non-hydrogen) atoms. The number of carboxylic acid groups (broad SMARTS) is 1. The maximum atomic E-state index is 10.6. The van der Waals surface area contributed by atoms with Crippen LogP contribution in [0.15, 0.2) is 42.5 Å². The predicted octanol–water partition coefficient (Wildman–Crippen LogP) is 5.87. The number of hydrogen-bond donors (Lipinski definition) is 2. The van der Waals surface area contributed by atoms with Crippen LogP contribution >= 0.6 is 0 Å². The van der Waals surface area contributed by atoms with Gasteiger partial charge in [-0.1, -0.05) is 62.8 Å². The molecule has 5 atom stereocenters. The summed E-state index contributed by atoms with van der Waals surface area (Å²) in [5.74, 6) is 1.51. The standard InChI is InChI=1S/C25H38O3/c1-19(14-16-21-10-6-5-7-11-21)15-17-22-20(2)18-24(26)23(22)12-8-3-4-9-13-25(27)28/h3,5-8,10-11,19-20,22-24,26H,4,9,12-18H2,1-2H3,(H,27,28). The predicted molar refractivity (Wildman–Crippen MR) is 115 cm³/mol. The van der Waals surface area contributed by atoms with Crippen molar-refractivity contribution in [2.45, 2.75) is 77.7 Å². The third-order valence-electron chi connectivity index (χ3n) is 6.49. The number of allylic oxidation sites excluding steroid dienone is 2. The average molecular weight is 387 g/mol. The second kappa shape index (κ2) is 12.1. The second-order valence-corrected chi connectivity index (χ2v) is 8.81. The average Bonchev–Trinajstić information content (AvgIpc) is 2.94. The Kier molecular flexibility index (Phi) is 9.77. The summed E-state index contributed by atoms with van der Waals surface area (Å²) < 4.78 is 0. The van der Waals surface area contributed by atoms with Gasteiger partial charge in [0.15, 0.2) is 0 Å². The molecule has 0 heterocycles. The molecule has 0 aromatic heterocycles. The van der Waals surface area contributed by atoms with Gasteiger partial charge in [0.1, 0.15) is 0 Å². The first-order valence-electron chi connectivity index (χ1n) is 11.1. The molecule has 2 N–H and O–H groups in total. The van der Waals surface area contributed by atoms with Gasteiger partial charge in [0.2, 0.25) is 0 Å². The van der Waals surface area contributed by atoms with Crippen LogP contribution in [0, 0.1) is 23.7 Å². The summed E-state index contributed by atoms with van der Waals surface area (Å²) in [5.41, 5.74) is 1.42. The SMILES string of the molecule is CC(CCc1ccccc1)CCC1C(C)CC(O)C1CC=CCCCC(=O)O. The number of hydrogen-bond acceptors (Lipinski definition) is 2. The van der Waals surface area contributed by atoms with E-state index in [0.29, 0.717) is 30.1 Å². The third kappa shape index (κ3) is 7.79. The minimum Gasteiger partial charge on any atom is -0.481 e. The summed E-state index contributed by atoms with van der Waals surface area (Å²) in [6.07, 6.45) is 12.4. The first-order chi connectivity index (χ1) is 13.5. The normalized spacial score (nSPS) is 26.0. The summed E-state index contributed by atoms with van der Waals surface area (Å²) in [6.45, 7) is 4.65. The summed E-state index contributed by atoms with van der Waals surface area (Å²) in [7, 11) is 0. The lowest BCUT2D eigenvalue weighted by molar-refractivity contribution is -0.137. The van der Waals surface area contributed by atoms with Crippen molar-refractivity contribution in [1.29, 1.82) is 0 Å². The number of aliphatic hydroxyl groups excluding tert-OH is 1. The zero-order valence-corrected chi connectivity index (χ0v) is 17.6. The van der Waals surface area contributed by atoms with Gasteiger partial charge in [0, 0.05) is 6.42 Å². The van der Waals surface area contributed by atoms with E-state index in [0.717, 1.165) is 25.7 Å². The topological polar surface area (TPSA) is 57.5 Å². The highest BCUT2D eigenvalue weighted by atomic mass is 16.4. The maximum Gasteiger partial charge on any atom is 0.303 e. The Hall–Kier alpha value is -1.61.